The van der Waals surface area contributed by atoms with Crippen molar-refractivity contribution in [2.24, 2.45) is 0 Å². The fourth-order valence-electron chi connectivity index (χ4n) is 1.28. The Morgan fingerprint density at radius 1 is 1.44 bits per heavy atom. The molecule has 0 heterocycles. The first-order valence-electron chi connectivity index (χ1n) is 5.06. The maximum Gasteiger partial charge on any atom is 0.261 e. The summed E-state index contributed by atoms with van der Waals surface area (Å²) in [6, 6.07) is 5.54. The number of benzene rings is 1. The van der Waals surface area contributed by atoms with Gasteiger partial charge in [0.1, 0.15) is 6.61 Å². The number of nitrogen functional groups attached to an aromatic ring is 1. The van der Waals surface area contributed by atoms with Gasteiger partial charge in [-0.05, 0) is 24.6 Å². The minimum Gasteiger partial charge on any atom is -0.398 e. The third kappa shape index (κ3) is 4.02. The molecule has 0 unspecified atom stereocenters. The highest BCUT2D eigenvalue weighted by atomic mass is 19.3. The van der Waals surface area contributed by atoms with Gasteiger partial charge in [-0.3, -0.25) is 0 Å². The third-order valence-corrected chi connectivity index (χ3v) is 2.18. The van der Waals surface area contributed by atoms with E-state index < -0.39 is 13.0 Å². The van der Waals surface area contributed by atoms with E-state index in [1.165, 1.54) is 0 Å². The predicted octanol–water partition coefficient (Wildman–Crippen LogP) is 2.27. The second-order valence-electron chi connectivity index (χ2n) is 3.41. The Balaban J connectivity index is 2.29. The molecule has 5 heteroatoms. The van der Waals surface area contributed by atoms with Crippen LogP contribution < -0.4 is 11.1 Å². The fourth-order valence-corrected chi connectivity index (χ4v) is 1.28. The molecular formula is C11H16F2N2O. The van der Waals surface area contributed by atoms with E-state index in [4.69, 9.17) is 10.5 Å². The molecule has 0 aliphatic rings. The molecule has 3 N–H and O–H groups in total. The van der Waals surface area contributed by atoms with Gasteiger partial charge in [0, 0.05) is 17.9 Å². The van der Waals surface area contributed by atoms with Crippen LogP contribution in [-0.2, 0) is 4.74 Å². The molecule has 0 aromatic heterocycles. The lowest BCUT2D eigenvalue weighted by Crippen LogP contribution is -2.13. The van der Waals surface area contributed by atoms with Crippen LogP contribution in [0.4, 0.5) is 20.2 Å². The third-order valence-electron chi connectivity index (χ3n) is 2.18. The Hall–Kier alpha value is -1.36. The molecule has 0 radical (unpaired) electrons. The first-order chi connectivity index (χ1) is 7.61. The van der Waals surface area contributed by atoms with Crippen molar-refractivity contribution in [1.82, 2.24) is 0 Å². The zero-order valence-electron chi connectivity index (χ0n) is 9.17. The number of nitrogens with one attached hydrogen (secondary N) is 1. The van der Waals surface area contributed by atoms with Crippen molar-refractivity contribution in [3.63, 3.8) is 0 Å². The standard InChI is InChI=1S/C11H16F2N2O/c1-8-9(14)3-2-4-10(8)15-5-6-16-7-11(12)13/h2-4,11,15H,5-7,14H2,1H3. The molecule has 0 aliphatic heterocycles. The zero-order valence-corrected chi connectivity index (χ0v) is 9.17. The van der Waals surface area contributed by atoms with Crippen molar-refractivity contribution in [2.45, 2.75) is 13.3 Å². The summed E-state index contributed by atoms with van der Waals surface area (Å²) in [6.07, 6.45) is -2.41. The summed E-state index contributed by atoms with van der Waals surface area (Å²) < 4.78 is 28.2. The van der Waals surface area contributed by atoms with Crippen molar-refractivity contribution in [3.05, 3.63) is 23.8 Å². The molecule has 1 aromatic rings. The lowest BCUT2D eigenvalue weighted by atomic mass is 10.1. The van der Waals surface area contributed by atoms with Gasteiger partial charge in [0.15, 0.2) is 0 Å². The number of hydrogen-bond donors (Lipinski definition) is 2. The van der Waals surface area contributed by atoms with Gasteiger partial charge in [-0.25, -0.2) is 8.78 Å². The van der Waals surface area contributed by atoms with Crippen LogP contribution in [0, 0.1) is 6.92 Å². The molecule has 90 valence electrons. The Morgan fingerprint density at radius 2 is 2.19 bits per heavy atom. The normalized spacial score (nSPS) is 10.8. The molecule has 1 aromatic carbocycles. The summed E-state index contributed by atoms with van der Waals surface area (Å²) in [6.45, 7) is 2.12. The van der Waals surface area contributed by atoms with Crippen molar-refractivity contribution in [2.75, 3.05) is 30.8 Å². The van der Waals surface area contributed by atoms with E-state index in [-0.39, 0.29) is 6.61 Å². The molecule has 0 fully saturated rings. The minimum atomic E-state index is -2.41. The molecule has 1 rings (SSSR count). The van der Waals surface area contributed by atoms with Crippen LogP contribution in [-0.4, -0.2) is 26.2 Å². The summed E-state index contributed by atoms with van der Waals surface area (Å²) in [4.78, 5) is 0. The predicted molar refractivity (Wildman–Crippen MR) is 60.9 cm³/mol. The van der Waals surface area contributed by atoms with E-state index >= 15 is 0 Å². The van der Waals surface area contributed by atoms with E-state index in [1.54, 1.807) is 0 Å². The number of rotatable bonds is 6. The second-order valence-corrected chi connectivity index (χ2v) is 3.41. The lowest BCUT2D eigenvalue weighted by Gasteiger charge is -2.11. The van der Waals surface area contributed by atoms with E-state index in [0.717, 1.165) is 11.3 Å². The van der Waals surface area contributed by atoms with E-state index in [2.05, 4.69) is 5.32 Å². The average molecular weight is 230 g/mol. The molecule has 0 saturated carbocycles. The van der Waals surface area contributed by atoms with Gasteiger partial charge in [-0.15, -0.1) is 0 Å². The number of halogens is 2. The molecular weight excluding hydrogens is 214 g/mol. The van der Waals surface area contributed by atoms with Crippen LogP contribution in [0.2, 0.25) is 0 Å². The minimum absolute atomic E-state index is 0.249. The number of nitrogens with two attached hydrogens (primary N) is 1. The number of alkyl halides is 2. The van der Waals surface area contributed by atoms with E-state index in [9.17, 15) is 8.78 Å². The number of anilines is 2. The SMILES string of the molecule is Cc1c(N)cccc1NCCOCC(F)F. The molecule has 3 nitrogen and oxygen atoms in total. The van der Waals surface area contributed by atoms with Crippen LogP contribution >= 0.6 is 0 Å². The maximum absolute atomic E-state index is 11.7. The quantitative estimate of drug-likeness (QED) is 0.582. The molecule has 0 aliphatic carbocycles. The van der Waals surface area contributed by atoms with Crippen LogP contribution in [0.15, 0.2) is 18.2 Å². The number of ether oxygens (including phenoxy) is 1. The second kappa shape index (κ2) is 6.27. The van der Waals surface area contributed by atoms with Gasteiger partial charge in [0.2, 0.25) is 0 Å². The molecule has 0 atom stereocenters. The van der Waals surface area contributed by atoms with Gasteiger partial charge in [-0.2, -0.15) is 0 Å². The fraction of sp³-hybridized carbons (Fsp3) is 0.455. The molecule has 0 bridgehead atoms. The Bertz CT molecular complexity index is 332. The lowest BCUT2D eigenvalue weighted by molar-refractivity contribution is 0.0215. The van der Waals surface area contributed by atoms with Crippen molar-refractivity contribution in [1.29, 1.82) is 0 Å². The smallest absolute Gasteiger partial charge is 0.261 e. The summed E-state index contributed by atoms with van der Waals surface area (Å²) in [5.74, 6) is 0. The Kier molecular flexibility index (Phi) is 4.98. The molecule has 0 amide bonds. The van der Waals surface area contributed by atoms with Gasteiger partial charge >= 0.3 is 0 Å². The Labute approximate surface area is 93.6 Å². The highest BCUT2D eigenvalue weighted by Crippen LogP contribution is 2.19. The van der Waals surface area contributed by atoms with Crippen LogP contribution in [0.1, 0.15) is 5.56 Å². The molecule has 16 heavy (non-hydrogen) atoms. The van der Waals surface area contributed by atoms with Crippen molar-refractivity contribution >= 4 is 11.4 Å². The van der Waals surface area contributed by atoms with Crippen LogP contribution in [0.5, 0.6) is 0 Å². The largest absolute Gasteiger partial charge is 0.398 e. The molecule has 0 saturated heterocycles. The highest BCUT2D eigenvalue weighted by molar-refractivity contribution is 5.62. The first kappa shape index (κ1) is 12.7. The summed E-state index contributed by atoms with van der Waals surface area (Å²) in [5, 5.41) is 3.08. The van der Waals surface area contributed by atoms with Gasteiger partial charge in [-0.1, -0.05) is 6.07 Å². The number of hydrogen-bond acceptors (Lipinski definition) is 3. The average Bonchev–Trinajstić information content (AvgIpc) is 2.23. The van der Waals surface area contributed by atoms with E-state index in [0.29, 0.717) is 12.2 Å². The van der Waals surface area contributed by atoms with Crippen LogP contribution in [0.25, 0.3) is 0 Å². The topological polar surface area (TPSA) is 47.3 Å². The Morgan fingerprint density at radius 3 is 2.88 bits per heavy atom. The molecule has 0 spiro atoms. The van der Waals surface area contributed by atoms with Crippen molar-refractivity contribution in [3.8, 4) is 0 Å². The van der Waals surface area contributed by atoms with Gasteiger partial charge < -0.3 is 15.8 Å². The summed E-state index contributed by atoms with van der Waals surface area (Å²) in [7, 11) is 0. The first-order valence-corrected chi connectivity index (χ1v) is 5.06. The van der Waals surface area contributed by atoms with Gasteiger partial charge in [0.05, 0.1) is 6.61 Å². The van der Waals surface area contributed by atoms with Crippen molar-refractivity contribution < 1.29 is 13.5 Å². The monoisotopic (exact) mass is 230 g/mol. The summed E-state index contributed by atoms with van der Waals surface area (Å²) in [5.41, 5.74) is 8.29. The summed E-state index contributed by atoms with van der Waals surface area (Å²) >= 11 is 0. The van der Waals surface area contributed by atoms with E-state index in [1.807, 2.05) is 25.1 Å². The van der Waals surface area contributed by atoms with Crippen LogP contribution in [0.3, 0.4) is 0 Å². The zero-order chi connectivity index (χ0) is 12.0. The highest BCUT2D eigenvalue weighted by Gasteiger charge is 2.02. The maximum atomic E-state index is 11.7. The van der Waals surface area contributed by atoms with Gasteiger partial charge in [0.25, 0.3) is 6.43 Å².